The second-order valence-electron chi connectivity index (χ2n) is 16.1. The molecular formula is C50H47N3O4S4. The maximum absolute atomic E-state index is 13.8. The molecule has 0 saturated carbocycles. The number of thiazole rings is 1. The second kappa shape index (κ2) is 17.0. The number of fused-ring (bicyclic) bond motifs is 6. The Labute approximate surface area is 372 Å². The van der Waals surface area contributed by atoms with Gasteiger partial charge >= 0.3 is 5.97 Å². The normalized spacial score (nSPS) is 15.7. The van der Waals surface area contributed by atoms with E-state index in [1.165, 1.54) is 56.0 Å². The molecule has 1 amide bonds. The van der Waals surface area contributed by atoms with Crippen LogP contribution in [0.3, 0.4) is 0 Å². The molecule has 310 valence electrons. The Morgan fingerprint density at radius 3 is 2.23 bits per heavy atom. The fraction of sp³-hybridized carbons (Fsp3) is 0.280. The van der Waals surface area contributed by atoms with Crippen molar-refractivity contribution < 1.29 is 14.7 Å². The summed E-state index contributed by atoms with van der Waals surface area (Å²) in [6, 6.07) is 35.5. The van der Waals surface area contributed by atoms with Crippen LogP contribution in [0.5, 0.6) is 0 Å². The minimum Gasteiger partial charge on any atom is -0.480 e. The highest BCUT2D eigenvalue weighted by Gasteiger charge is 2.42. The zero-order valence-electron chi connectivity index (χ0n) is 34.5. The number of hydrogen-bond donors (Lipinski definition) is 1. The molecule has 7 nitrogen and oxygen atoms in total. The van der Waals surface area contributed by atoms with Gasteiger partial charge in [-0.05, 0) is 102 Å². The van der Waals surface area contributed by atoms with Gasteiger partial charge in [0.2, 0.25) is 0 Å². The van der Waals surface area contributed by atoms with Crippen LogP contribution in [0.25, 0.3) is 60.0 Å². The summed E-state index contributed by atoms with van der Waals surface area (Å²) in [6.07, 6.45) is 10.4. The number of thioether (sulfide) groups is 1. The predicted molar refractivity (Wildman–Crippen MR) is 259 cm³/mol. The first kappa shape index (κ1) is 41.3. The summed E-state index contributed by atoms with van der Waals surface area (Å²) in [4.78, 5) is 43.0. The second-order valence-corrected chi connectivity index (χ2v) is 19.9. The summed E-state index contributed by atoms with van der Waals surface area (Å²) in [5.74, 6) is -1.43. The van der Waals surface area contributed by atoms with E-state index in [-0.39, 0.29) is 11.3 Å². The minimum absolute atomic E-state index is 0.0226. The number of aliphatic carboxylic acids is 1. The molecule has 9 rings (SSSR count). The number of aromatic nitrogens is 2. The average molecular weight is 882 g/mol. The zero-order chi connectivity index (χ0) is 42.4. The van der Waals surface area contributed by atoms with Crippen molar-refractivity contribution in [1.29, 1.82) is 0 Å². The largest absolute Gasteiger partial charge is 0.480 e. The number of carbonyl (C=O) groups is 2. The number of unbranched alkanes of at least 4 members (excludes halogenated alkanes) is 3. The van der Waals surface area contributed by atoms with Crippen LogP contribution in [0.2, 0.25) is 0 Å². The Hall–Kier alpha value is -5.07. The lowest BCUT2D eigenvalue weighted by Crippen LogP contribution is -2.35. The standard InChI is InChI=1S/C50H47N3O4S4/c1-4-7-23-50(24-8-5-2)38-18-14-13-17-34(38)35-28-37-36-26-31(19-21-40(36)53(41(37)29-39(35)50)32-15-11-10-12-16-32)42-22-20-33(59-42)27-43-46(56)52(30-44(54)55)48(60-43)45-47(57)51(25-9-6-3)49(58)61-45/h10-22,26-29H,4-9,23-25,30H2,1-3H3,(H,54,55)/b43-27-,48-45-. The van der Waals surface area contributed by atoms with Gasteiger partial charge in [-0.1, -0.05) is 125 Å². The van der Waals surface area contributed by atoms with Gasteiger partial charge in [0, 0.05) is 38.2 Å². The topological polar surface area (TPSA) is 84.5 Å². The van der Waals surface area contributed by atoms with Crippen LogP contribution in [0.15, 0.2) is 102 Å². The molecule has 11 heteroatoms. The highest BCUT2D eigenvalue weighted by atomic mass is 32.2. The quantitative estimate of drug-likeness (QED) is 0.110. The van der Waals surface area contributed by atoms with Crippen molar-refractivity contribution in [3.05, 3.63) is 133 Å². The van der Waals surface area contributed by atoms with Crippen LogP contribution < -0.4 is 14.8 Å². The third-order valence-corrected chi connectivity index (χ3v) is 16.0. The van der Waals surface area contributed by atoms with Gasteiger partial charge in [-0.2, -0.15) is 0 Å². The average Bonchev–Trinajstić information content (AvgIpc) is 4.06. The van der Waals surface area contributed by atoms with E-state index in [9.17, 15) is 19.5 Å². The zero-order valence-corrected chi connectivity index (χ0v) is 37.8. The molecule has 0 radical (unpaired) electrons. The summed E-state index contributed by atoms with van der Waals surface area (Å²) >= 11 is 9.38. The van der Waals surface area contributed by atoms with E-state index in [2.05, 4.69) is 109 Å². The number of thiocarbonyl (C=S) groups is 1. The Morgan fingerprint density at radius 1 is 0.770 bits per heavy atom. The molecule has 0 bridgehead atoms. The molecule has 1 saturated heterocycles. The molecule has 1 N–H and O–H groups in total. The van der Waals surface area contributed by atoms with Gasteiger partial charge in [-0.3, -0.25) is 23.9 Å². The minimum atomic E-state index is -1.15. The van der Waals surface area contributed by atoms with E-state index >= 15 is 0 Å². The van der Waals surface area contributed by atoms with Crippen molar-refractivity contribution in [1.82, 2.24) is 14.0 Å². The summed E-state index contributed by atoms with van der Waals surface area (Å²) in [5.41, 5.74) is 9.71. The monoisotopic (exact) mass is 881 g/mol. The summed E-state index contributed by atoms with van der Waals surface area (Å²) < 4.78 is 4.74. The van der Waals surface area contributed by atoms with Crippen molar-refractivity contribution in [2.75, 3.05) is 6.54 Å². The van der Waals surface area contributed by atoms with Crippen LogP contribution in [0.1, 0.15) is 88.1 Å². The number of carboxylic acid groups (broad SMARTS) is 1. The van der Waals surface area contributed by atoms with Crippen molar-refractivity contribution in [2.45, 2.75) is 84.1 Å². The number of rotatable bonds is 14. The van der Waals surface area contributed by atoms with Gasteiger partial charge in [0.25, 0.3) is 11.5 Å². The van der Waals surface area contributed by atoms with Gasteiger partial charge in [0.15, 0.2) is 0 Å². The third kappa shape index (κ3) is 7.23. The molecule has 1 aliphatic heterocycles. The molecule has 7 aromatic rings. The molecule has 1 aliphatic carbocycles. The fourth-order valence-electron chi connectivity index (χ4n) is 9.31. The number of para-hydroxylation sites is 1. The predicted octanol–water partition coefficient (Wildman–Crippen LogP) is 11.1. The van der Waals surface area contributed by atoms with Gasteiger partial charge in [0.05, 0.1) is 15.6 Å². The van der Waals surface area contributed by atoms with Gasteiger partial charge in [0.1, 0.15) is 20.4 Å². The van der Waals surface area contributed by atoms with Crippen molar-refractivity contribution >= 4 is 95.6 Å². The number of thiophene rings is 1. The van der Waals surface area contributed by atoms with Crippen LogP contribution in [0.4, 0.5) is 0 Å². The van der Waals surface area contributed by atoms with E-state index in [0.29, 0.717) is 25.0 Å². The number of amides is 1. The first-order chi connectivity index (χ1) is 29.7. The lowest BCUT2D eigenvalue weighted by atomic mass is 9.71. The number of benzene rings is 4. The van der Waals surface area contributed by atoms with E-state index in [1.54, 1.807) is 16.2 Å². The molecular weight excluding hydrogens is 835 g/mol. The molecule has 0 spiro atoms. The van der Waals surface area contributed by atoms with E-state index in [0.717, 1.165) is 88.1 Å². The van der Waals surface area contributed by atoms with Crippen molar-refractivity contribution in [3.8, 4) is 27.3 Å². The molecule has 1 fully saturated rings. The molecule has 3 aromatic heterocycles. The maximum Gasteiger partial charge on any atom is 0.323 e. The highest BCUT2D eigenvalue weighted by Crippen LogP contribution is 2.56. The first-order valence-electron chi connectivity index (χ1n) is 21.3. The fourth-order valence-corrected chi connectivity index (χ4v) is 12.9. The van der Waals surface area contributed by atoms with Crippen LogP contribution >= 0.6 is 46.7 Å². The molecule has 2 aliphatic rings. The summed E-state index contributed by atoms with van der Waals surface area (Å²) in [6.45, 7) is 6.58. The van der Waals surface area contributed by atoms with Crippen molar-refractivity contribution in [2.24, 2.45) is 0 Å². The van der Waals surface area contributed by atoms with Gasteiger partial charge in [-0.25, -0.2) is 0 Å². The third-order valence-electron chi connectivity index (χ3n) is 12.2. The van der Waals surface area contributed by atoms with E-state index in [4.69, 9.17) is 12.2 Å². The summed E-state index contributed by atoms with van der Waals surface area (Å²) in [7, 11) is 0. The smallest absolute Gasteiger partial charge is 0.323 e. The SMILES string of the molecule is CCCCN1C(=O)/C(=c2/s/c(=C\c3ccc(-c4ccc5c(c4)c4cc6c(cc4n5-c4ccccc4)C(CCCC)(CCCC)c4ccccc4-6)s3)c(=O)n2CC(=O)O)SC1=S. The summed E-state index contributed by atoms with van der Waals surface area (Å²) in [5, 5.41) is 12.1. The Morgan fingerprint density at radius 2 is 1.49 bits per heavy atom. The van der Waals surface area contributed by atoms with E-state index < -0.39 is 18.1 Å². The highest BCUT2D eigenvalue weighted by molar-refractivity contribution is 8.30. The van der Waals surface area contributed by atoms with Crippen LogP contribution in [-0.2, 0) is 21.5 Å². The lowest BCUT2D eigenvalue weighted by Gasteiger charge is -2.32. The molecule has 4 heterocycles. The van der Waals surface area contributed by atoms with Gasteiger partial charge in [-0.15, -0.1) is 22.7 Å². The lowest BCUT2D eigenvalue weighted by molar-refractivity contribution is -0.137. The van der Waals surface area contributed by atoms with Crippen LogP contribution in [-0.4, -0.2) is 41.9 Å². The Kier molecular flexibility index (Phi) is 11.5. The maximum atomic E-state index is 13.8. The number of carbonyl (C=O) groups excluding carboxylic acids is 1. The molecule has 61 heavy (non-hydrogen) atoms. The number of carboxylic acids is 1. The van der Waals surface area contributed by atoms with Crippen molar-refractivity contribution in [3.63, 3.8) is 0 Å². The number of nitrogens with zero attached hydrogens (tertiary/aromatic N) is 3. The Balaban J connectivity index is 1.18. The molecule has 0 atom stereocenters. The Bertz CT molecular complexity index is 3060. The molecule has 0 unspecified atom stereocenters. The van der Waals surface area contributed by atoms with E-state index in [1.807, 2.05) is 19.1 Å². The van der Waals surface area contributed by atoms with Gasteiger partial charge < -0.3 is 9.67 Å². The first-order valence-corrected chi connectivity index (χ1v) is 24.1. The van der Waals surface area contributed by atoms with Crippen LogP contribution in [0, 0.1) is 0 Å². The molecule has 4 aromatic carbocycles. The number of hydrogen-bond acceptors (Lipinski definition) is 7.